The Balaban J connectivity index is 1.69. The standard InChI is InChI=1S/C17H22N2O5/c20-10-16-11-23-15(13-4-6-14(7-5-13)19(21)22)18(16)17(24-12-16)8-2-1-3-9-17/h4-7,15,20H,1-3,8-12H2/t15-,16-/m1/s1. The molecule has 2 heterocycles. The van der Waals surface area contributed by atoms with E-state index in [1.54, 1.807) is 12.1 Å². The van der Waals surface area contributed by atoms with E-state index < -0.39 is 10.5 Å². The van der Waals surface area contributed by atoms with Gasteiger partial charge in [0, 0.05) is 12.1 Å². The summed E-state index contributed by atoms with van der Waals surface area (Å²) < 4.78 is 12.3. The molecule has 0 aromatic heterocycles. The molecule has 0 unspecified atom stereocenters. The van der Waals surface area contributed by atoms with Crippen LogP contribution >= 0.6 is 0 Å². The van der Waals surface area contributed by atoms with Crippen LogP contribution in [-0.2, 0) is 9.47 Å². The average molecular weight is 334 g/mol. The van der Waals surface area contributed by atoms with E-state index in [0.29, 0.717) is 13.2 Å². The van der Waals surface area contributed by atoms with Crippen LogP contribution in [0.25, 0.3) is 0 Å². The van der Waals surface area contributed by atoms with E-state index in [-0.39, 0.29) is 24.2 Å². The molecule has 1 spiro atoms. The normalized spacial score (nSPS) is 32.1. The van der Waals surface area contributed by atoms with Gasteiger partial charge in [0.15, 0.2) is 0 Å². The Hall–Kier alpha value is -1.54. The maximum Gasteiger partial charge on any atom is 0.269 e. The van der Waals surface area contributed by atoms with Gasteiger partial charge >= 0.3 is 0 Å². The summed E-state index contributed by atoms with van der Waals surface area (Å²) in [6.07, 6.45) is 4.94. The average Bonchev–Trinajstić information content (AvgIpc) is 3.14. The predicted octanol–water partition coefficient (Wildman–Crippen LogP) is 2.35. The summed E-state index contributed by atoms with van der Waals surface area (Å²) in [6.45, 7) is 0.859. The van der Waals surface area contributed by atoms with Crippen molar-refractivity contribution in [2.45, 2.75) is 49.6 Å². The van der Waals surface area contributed by atoms with Crippen LogP contribution in [0.4, 0.5) is 5.69 Å². The number of nitro benzene ring substituents is 1. The number of benzene rings is 1. The summed E-state index contributed by atoms with van der Waals surface area (Å²) in [7, 11) is 0. The van der Waals surface area contributed by atoms with Crippen molar-refractivity contribution >= 4 is 5.69 Å². The summed E-state index contributed by atoms with van der Waals surface area (Å²) in [6, 6.07) is 6.49. The fourth-order valence-corrected chi connectivity index (χ4v) is 4.39. The number of non-ortho nitro benzene ring substituents is 1. The van der Waals surface area contributed by atoms with Crippen molar-refractivity contribution < 1.29 is 19.5 Å². The van der Waals surface area contributed by atoms with Crippen molar-refractivity contribution in [1.29, 1.82) is 0 Å². The zero-order valence-electron chi connectivity index (χ0n) is 13.5. The van der Waals surface area contributed by atoms with Gasteiger partial charge in [0.25, 0.3) is 5.69 Å². The van der Waals surface area contributed by atoms with Crippen molar-refractivity contribution in [1.82, 2.24) is 4.90 Å². The first-order chi connectivity index (χ1) is 11.6. The number of hydrogen-bond acceptors (Lipinski definition) is 6. The molecule has 1 N–H and O–H groups in total. The second-order valence-electron chi connectivity index (χ2n) is 7.06. The minimum atomic E-state index is -0.510. The summed E-state index contributed by atoms with van der Waals surface area (Å²) >= 11 is 0. The second kappa shape index (κ2) is 5.77. The molecular weight excluding hydrogens is 312 g/mol. The molecule has 2 saturated heterocycles. The number of hydrogen-bond donors (Lipinski definition) is 1. The zero-order valence-corrected chi connectivity index (χ0v) is 13.5. The molecule has 0 radical (unpaired) electrons. The molecule has 7 nitrogen and oxygen atoms in total. The smallest absolute Gasteiger partial charge is 0.269 e. The van der Waals surface area contributed by atoms with Gasteiger partial charge in [-0.05, 0) is 43.4 Å². The third-order valence-corrected chi connectivity index (χ3v) is 5.62. The quantitative estimate of drug-likeness (QED) is 0.675. The Kier molecular flexibility index (Phi) is 3.84. The zero-order chi connectivity index (χ0) is 16.8. The Labute approximate surface area is 140 Å². The van der Waals surface area contributed by atoms with E-state index in [1.807, 2.05) is 0 Å². The number of aliphatic hydroxyl groups excluding tert-OH is 1. The highest BCUT2D eigenvalue weighted by molar-refractivity contribution is 5.34. The van der Waals surface area contributed by atoms with Crippen LogP contribution in [0.1, 0.15) is 43.9 Å². The van der Waals surface area contributed by atoms with E-state index in [1.165, 1.54) is 18.6 Å². The van der Waals surface area contributed by atoms with Gasteiger partial charge in [-0.15, -0.1) is 0 Å². The first kappa shape index (κ1) is 16.0. The van der Waals surface area contributed by atoms with Crippen molar-refractivity contribution in [2.75, 3.05) is 19.8 Å². The minimum absolute atomic E-state index is 0.0156. The SMILES string of the molecule is O=[N+]([O-])c1ccc([C@H]2OC[C@]3(CO)COC4(CCCCC4)N23)cc1. The van der Waals surface area contributed by atoms with Crippen molar-refractivity contribution in [3.8, 4) is 0 Å². The van der Waals surface area contributed by atoms with Crippen LogP contribution < -0.4 is 0 Å². The van der Waals surface area contributed by atoms with Gasteiger partial charge in [-0.2, -0.15) is 0 Å². The highest BCUT2D eigenvalue weighted by atomic mass is 16.6. The first-order valence-electron chi connectivity index (χ1n) is 8.51. The maximum absolute atomic E-state index is 10.9. The Morgan fingerprint density at radius 1 is 1.21 bits per heavy atom. The molecule has 4 rings (SSSR count). The van der Waals surface area contributed by atoms with Crippen LogP contribution in [0.2, 0.25) is 0 Å². The van der Waals surface area contributed by atoms with E-state index >= 15 is 0 Å². The molecule has 0 amide bonds. The van der Waals surface area contributed by atoms with Gasteiger partial charge in [-0.1, -0.05) is 6.42 Å². The minimum Gasteiger partial charge on any atom is -0.394 e. The summed E-state index contributed by atoms with van der Waals surface area (Å²) in [4.78, 5) is 12.7. The molecule has 130 valence electrons. The highest BCUT2D eigenvalue weighted by Gasteiger charge is 2.62. The predicted molar refractivity (Wildman–Crippen MR) is 85.2 cm³/mol. The number of fused-ring (bicyclic) bond motifs is 2. The molecule has 24 heavy (non-hydrogen) atoms. The lowest BCUT2D eigenvalue weighted by Crippen LogP contribution is -2.55. The van der Waals surface area contributed by atoms with Crippen molar-refractivity contribution in [2.24, 2.45) is 0 Å². The lowest BCUT2D eigenvalue weighted by atomic mass is 9.88. The van der Waals surface area contributed by atoms with Crippen molar-refractivity contribution in [3.05, 3.63) is 39.9 Å². The van der Waals surface area contributed by atoms with Gasteiger partial charge in [0.1, 0.15) is 12.0 Å². The van der Waals surface area contributed by atoms with Gasteiger partial charge in [-0.3, -0.25) is 10.1 Å². The summed E-state index contributed by atoms with van der Waals surface area (Å²) in [5, 5.41) is 20.9. The lowest BCUT2D eigenvalue weighted by Gasteiger charge is -2.44. The van der Waals surface area contributed by atoms with Gasteiger partial charge in [0.2, 0.25) is 0 Å². The molecule has 1 aromatic rings. The number of ether oxygens (including phenoxy) is 2. The number of nitro groups is 1. The molecule has 1 aliphatic carbocycles. The molecule has 0 bridgehead atoms. The van der Waals surface area contributed by atoms with Crippen LogP contribution in [0.3, 0.4) is 0 Å². The van der Waals surface area contributed by atoms with E-state index in [0.717, 1.165) is 31.2 Å². The molecule has 1 aromatic carbocycles. The van der Waals surface area contributed by atoms with Gasteiger partial charge < -0.3 is 14.6 Å². The largest absolute Gasteiger partial charge is 0.394 e. The van der Waals surface area contributed by atoms with Crippen LogP contribution in [0.15, 0.2) is 24.3 Å². The van der Waals surface area contributed by atoms with Gasteiger partial charge in [0.05, 0.1) is 30.3 Å². The Morgan fingerprint density at radius 2 is 1.92 bits per heavy atom. The third-order valence-electron chi connectivity index (χ3n) is 5.62. The van der Waals surface area contributed by atoms with Gasteiger partial charge in [-0.25, -0.2) is 4.90 Å². The fourth-order valence-electron chi connectivity index (χ4n) is 4.39. The summed E-state index contributed by atoms with van der Waals surface area (Å²) in [5.74, 6) is 0. The second-order valence-corrected chi connectivity index (χ2v) is 7.06. The molecule has 2 aliphatic heterocycles. The lowest BCUT2D eigenvalue weighted by molar-refractivity contribution is -0.384. The van der Waals surface area contributed by atoms with E-state index in [4.69, 9.17) is 9.47 Å². The van der Waals surface area contributed by atoms with E-state index in [9.17, 15) is 15.2 Å². The molecule has 1 saturated carbocycles. The number of nitrogens with zero attached hydrogens (tertiary/aromatic N) is 2. The third kappa shape index (κ3) is 2.27. The van der Waals surface area contributed by atoms with E-state index in [2.05, 4.69) is 4.90 Å². The Morgan fingerprint density at radius 3 is 2.54 bits per heavy atom. The molecule has 2 atom stereocenters. The molecule has 7 heteroatoms. The molecular formula is C17H22N2O5. The number of aliphatic hydroxyl groups is 1. The van der Waals surface area contributed by atoms with Crippen LogP contribution in [0, 0.1) is 10.1 Å². The molecule has 3 fully saturated rings. The fraction of sp³-hybridized carbons (Fsp3) is 0.647. The Bertz CT molecular complexity index is 628. The van der Waals surface area contributed by atoms with Crippen LogP contribution in [-0.4, -0.2) is 46.0 Å². The number of rotatable bonds is 3. The maximum atomic E-state index is 10.9. The summed E-state index contributed by atoms with van der Waals surface area (Å²) in [5.41, 5.74) is 0.0369. The molecule has 3 aliphatic rings. The highest BCUT2D eigenvalue weighted by Crippen LogP contribution is 2.52. The van der Waals surface area contributed by atoms with Crippen molar-refractivity contribution in [3.63, 3.8) is 0 Å². The first-order valence-corrected chi connectivity index (χ1v) is 8.51. The topological polar surface area (TPSA) is 85.1 Å². The van der Waals surface area contributed by atoms with Crippen LogP contribution in [0.5, 0.6) is 0 Å². The monoisotopic (exact) mass is 334 g/mol.